The van der Waals surface area contributed by atoms with Crippen LogP contribution in [0.25, 0.3) is 6.08 Å². The maximum Gasteiger partial charge on any atom is 0.244 e. The van der Waals surface area contributed by atoms with Gasteiger partial charge in [0, 0.05) is 12.6 Å². The van der Waals surface area contributed by atoms with Crippen molar-refractivity contribution in [2.45, 2.75) is 13.0 Å². The van der Waals surface area contributed by atoms with Crippen molar-refractivity contribution in [3.8, 4) is 0 Å². The second kappa shape index (κ2) is 6.05. The van der Waals surface area contributed by atoms with Crippen molar-refractivity contribution in [2.24, 2.45) is 0 Å². The zero-order chi connectivity index (χ0) is 11.3. The summed E-state index contributed by atoms with van der Waals surface area (Å²) >= 11 is 4.91. The monoisotopic (exact) mass is 289 g/mol. The Labute approximate surface area is 101 Å². The number of halogens is 1. The average molecular weight is 290 g/mol. The molecule has 2 N–H and O–H groups in total. The van der Waals surface area contributed by atoms with Crippen LogP contribution >= 0.6 is 27.3 Å². The summed E-state index contributed by atoms with van der Waals surface area (Å²) in [5, 5.41) is 13.5. The average Bonchev–Trinajstić information content (AvgIpc) is 2.58. The Balaban J connectivity index is 2.40. The third-order valence-corrected chi connectivity index (χ3v) is 3.11. The van der Waals surface area contributed by atoms with Gasteiger partial charge in [0.1, 0.15) is 0 Å². The summed E-state index contributed by atoms with van der Waals surface area (Å²) in [5.74, 6) is -0.196. The molecular weight excluding hydrogens is 278 g/mol. The summed E-state index contributed by atoms with van der Waals surface area (Å²) in [6.07, 6.45) is 2.67. The number of carbonyl (C=O) groups is 1. The molecule has 1 aromatic heterocycles. The molecule has 5 heteroatoms. The molecule has 0 aliphatic heterocycles. The second-order valence-electron chi connectivity index (χ2n) is 3.11. The molecule has 0 bridgehead atoms. The van der Waals surface area contributed by atoms with Gasteiger partial charge in [-0.15, -0.1) is 11.3 Å². The van der Waals surface area contributed by atoms with Gasteiger partial charge in [-0.25, -0.2) is 0 Å². The number of aliphatic hydroxyl groups is 1. The van der Waals surface area contributed by atoms with E-state index in [1.165, 1.54) is 6.08 Å². The van der Waals surface area contributed by atoms with E-state index in [2.05, 4.69) is 21.2 Å². The van der Waals surface area contributed by atoms with E-state index in [9.17, 15) is 4.79 Å². The maximum absolute atomic E-state index is 11.2. The summed E-state index contributed by atoms with van der Waals surface area (Å²) in [5.41, 5.74) is 0.985. The molecule has 0 aliphatic carbocycles. The first-order valence-electron chi connectivity index (χ1n) is 4.46. The fourth-order valence-corrected chi connectivity index (χ4v) is 2.03. The number of nitrogens with one attached hydrogen (secondary N) is 1. The van der Waals surface area contributed by atoms with Gasteiger partial charge in [-0.05, 0) is 45.9 Å². The number of carbonyl (C=O) groups excluding carboxylic acids is 1. The molecule has 1 atom stereocenters. The fraction of sp³-hybridized carbons (Fsp3) is 0.300. The smallest absolute Gasteiger partial charge is 0.244 e. The predicted molar refractivity (Wildman–Crippen MR) is 65.7 cm³/mol. The fourth-order valence-electron chi connectivity index (χ4n) is 0.890. The van der Waals surface area contributed by atoms with E-state index in [0.29, 0.717) is 0 Å². The van der Waals surface area contributed by atoms with Crippen LogP contribution in [0.5, 0.6) is 0 Å². The van der Waals surface area contributed by atoms with Gasteiger partial charge in [0.15, 0.2) is 0 Å². The zero-order valence-corrected chi connectivity index (χ0v) is 10.6. The summed E-state index contributed by atoms with van der Waals surface area (Å²) < 4.78 is 1.03. The first-order chi connectivity index (χ1) is 7.08. The molecule has 3 nitrogen and oxygen atoms in total. The molecule has 0 spiro atoms. The van der Waals surface area contributed by atoms with Gasteiger partial charge >= 0.3 is 0 Å². The van der Waals surface area contributed by atoms with Crippen molar-refractivity contribution in [2.75, 3.05) is 6.54 Å². The lowest BCUT2D eigenvalue weighted by Crippen LogP contribution is -2.28. The molecule has 0 radical (unpaired) electrons. The van der Waals surface area contributed by atoms with Crippen LogP contribution in [0.15, 0.2) is 21.3 Å². The van der Waals surface area contributed by atoms with E-state index >= 15 is 0 Å². The molecule has 0 saturated heterocycles. The molecule has 0 aliphatic rings. The van der Waals surface area contributed by atoms with E-state index in [1.54, 1.807) is 24.3 Å². The van der Waals surface area contributed by atoms with Crippen molar-refractivity contribution in [3.05, 3.63) is 26.9 Å². The van der Waals surface area contributed by atoms with E-state index < -0.39 is 6.10 Å². The Kier molecular flexibility index (Phi) is 5.01. The number of amides is 1. The normalized spacial score (nSPS) is 13.0. The number of aliphatic hydroxyl groups excluding tert-OH is 1. The lowest BCUT2D eigenvalue weighted by atomic mass is 10.3. The first-order valence-corrected chi connectivity index (χ1v) is 6.13. The molecule has 1 aromatic rings. The van der Waals surface area contributed by atoms with Crippen LogP contribution in [-0.4, -0.2) is 23.7 Å². The highest BCUT2D eigenvalue weighted by Gasteiger charge is 1.98. The Bertz CT molecular complexity index is 360. The Hall–Kier alpha value is -0.650. The molecule has 0 aromatic carbocycles. The molecule has 1 heterocycles. The predicted octanol–water partition coefficient (Wildman–Crippen LogP) is 2.02. The van der Waals surface area contributed by atoms with Gasteiger partial charge in [-0.3, -0.25) is 4.79 Å². The van der Waals surface area contributed by atoms with Gasteiger partial charge in [-0.2, -0.15) is 0 Å². The minimum Gasteiger partial charge on any atom is -0.392 e. The summed E-state index contributed by atoms with van der Waals surface area (Å²) in [4.78, 5) is 11.2. The van der Waals surface area contributed by atoms with Crippen LogP contribution < -0.4 is 5.32 Å². The number of hydrogen-bond donors (Lipinski definition) is 2. The SMILES string of the molecule is CC(O)CNC(=O)/C=C/c1csc(Br)c1. The quantitative estimate of drug-likeness (QED) is 0.834. The molecule has 1 amide bonds. The molecule has 15 heavy (non-hydrogen) atoms. The van der Waals surface area contributed by atoms with Gasteiger partial charge in [0.2, 0.25) is 5.91 Å². The van der Waals surface area contributed by atoms with Crippen molar-refractivity contribution in [1.29, 1.82) is 0 Å². The molecule has 0 fully saturated rings. The highest BCUT2D eigenvalue weighted by molar-refractivity contribution is 9.11. The third-order valence-electron chi connectivity index (χ3n) is 1.59. The van der Waals surface area contributed by atoms with E-state index in [4.69, 9.17) is 5.11 Å². The second-order valence-corrected chi connectivity index (χ2v) is 5.40. The first kappa shape index (κ1) is 12.4. The highest BCUT2D eigenvalue weighted by atomic mass is 79.9. The largest absolute Gasteiger partial charge is 0.392 e. The van der Waals surface area contributed by atoms with Crippen LogP contribution in [0.2, 0.25) is 0 Å². The van der Waals surface area contributed by atoms with E-state index in [0.717, 1.165) is 9.35 Å². The van der Waals surface area contributed by atoms with Crippen LogP contribution in [0.1, 0.15) is 12.5 Å². The van der Waals surface area contributed by atoms with Gasteiger partial charge in [-0.1, -0.05) is 0 Å². The van der Waals surface area contributed by atoms with Gasteiger partial charge in [0.05, 0.1) is 9.89 Å². The summed E-state index contributed by atoms with van der Waals surface area (Å²) in [6.45, 7) is 1.90. The Morgan fingerprint density at radius 3 is 3.07 bits per heavy atom. The van der Waals surface area contributed by atoms with E-state index in [-0.39, 0.29) is 12.5 Å². The minimum absolute atomic E-state index is 0.196. The number of rotatable bonds is 4. The lowest BCUT2D eigenvalue weighted by Gasteiger charge is -2.03. The third kappa shape index (κ3) is 5.11. The minimum atomic E-state index is -0.516. The summed E-state index contributed by atoms with van der Waals surface area (Å²) in [7, 11) is 0. The maximum atomic E-state index is 11.2. The van der Waals surface area contributed by atoms with Crippen molar-refractivity contribution in [1.82, 2.24) is 5.32 Å². The number of thiophene rings is 1. The van der Waals surface area contributed by atoms with Gasteiger partial charge < -0.3 is 10.4 Å². The lowest BCUT2D eigenvalue weighted by molar-refractivity contribution is -0.116. The van der Waals surface area contributed by atoms with Crippen LogP contribution in [0.3, 0.4) is 0 Å². The zero-order valence-electron chi connectivity index (χ0n) is 8.24. The van der Waals surface area contributed by atoms with Crippen LogP contribution in [-0.2, 0) is 4.79 Å². The molecule has 0 saturated carbocycles. The molecule has 1 unspecified atom stereocenters. The van der Waals surface area contributed by atoms with E-state index in [1.807, 2.05) is 11.4 Å². The van der Waals surface area contributed by atoms with Gasteiger partial charge in [0.25, 0.3) is 0 Å². The molecular formula is C10H12BrNO2S. The topological polar surface area (TPSA) is 49.3 Å². The standard InChI is InChI=1S/C10H12BrNO2S/c1-7(13)5-12-10(14)3-2-8-4-9(11)15-6-8/h2-4,6-7,13H,5H2,1H3,(H,12,14)/b3-2+. The Morgan fingerprint density at radius 2 is 2.53 bits per heavy atom. The Morgan fingerprint density at radius 1 is 1.80 bits per heavy atom. The van der Waals surface area contributed by atoms with Crippen molar-refractivity contribution >= 4 is 39.2 Å². The van der Waals surface area contributed by atoms with Crippen LogP contribution in [0.4, 0.5) is 0 Å². The van der Waals surface area contributed by atoms with Crippen LogP contribution in [0, 0.1) is 0 Å². The number of hydrogen-bond acceptors (Lipinski definition) is 3. The molecule has 1 rings (SSSR count). The van der Waals surface area contributed by atoms with Crippen molar-refractivity contribution in [3.63, 3.8) is 0 Å². The summed E-state index contributed by atoms with van der Waals surface area (Å²) in [6, 6.07) is 1.93. The van der Waals surface area contributed by atoms with Crippen molar-refractivity contribution < 1.29 is 9.90 Å². The highest BCUT2D eigenvalue weighted by Crippen LogP contribution is 2.21. The molecule has 82 valence electrons.